The largest absolute Gasteiger partial charge is 0.360 e. The SMILES string of the molecule is CCCNc1nnc(SC(C)c2nc3sc(C)c(C)c3c(=O)[nH]2)s1. The van der Waals surface area contributed by atoms with Gasteiger partial charge in [-0.15, -0.1) is 21.5 Å². The van der Waals surface area contributed by atoms with Crippen LogP contribution in [0.25, 0.3) is 10.2 Å². The predicted octanol–water partition coefficient (Wildman–Crippen LogP) is 4.13. The number of aromatic amines is 1. The second-order valence-electron chi connectivity index (χ2n) is 5.47. The number of H-pyrrole nitrogens is 1. The van der Waals surface area contributed by atoms with E-state index in [0.29, 0.717) is 11.2 Å². The van der Waals surface area contributed by atoms with Crippen LogP contribution in [0.15, 0.2) is 9.13 Å². The van der Waals surface area contributed by atoms with Crippen molar-refractivity contribution in [3.8, 4) is 0 Å². The van der Waals surface area contributed by atoms with Gasteiger partial charge in [-0.3, -0.25) is 4.79 Å². The fourth-order valence-electron chi connectivity index (χ4n) is 2.23. The minimum absolute atomic E-state index is 0.00297. The van der Waals surface area contributed by atoms with Crippen molar-refractivity contribution < 1.29 is 0 Å². The molecule has 0 saturated carbocycles. The van der Waals surface area contributed by atoms with E-state index in [1.54, 1.807) is 23.1 Å². The number of hydrogen-bond acceptors (Lipinski definition) is 8. The number of thioether (sulfide) groups is 1. The molecule has 24 heavy (non-hydrogen) atoms. The quantitative estimate of drug-likeness (QED) is 0.625. The zero-order chi connectivity index (χ0) is 17.3. The van der Waals surface area contributed by atoms with Crippen molar-refractivity contribution in [2.75, 3.05) is 11.9 Å². The molecule has 0 amide bonds. The van der Waals surface area contributed by atoms with Crippen LogP contribution in [0.5, 0.6) is 0 Å². The minimum atomic E-state index is -0.0631. The highest BCUT2D eigenvalue weighted by atomic mass is 32.2. The number of hydrogen-bond donors (Lipinski definition) is 2. The normalized spacial score (nSPS) is 12.7. The number of rotatable bonds is 6. The molecule has 1 atom stereocenters. The maximum absolute atomic E-state index is 12.4. The molecular weight excluding hydrogens is 362 g/mol. The first-order valence-corrected chi connectivity index (χ1v) is 10.2. The standard InChI is InChI=1S/C15H19N5OS3/c1-5-6-16-14-19-20-15(24-14)23-9(4)11-17-12(21)10-7(2)8(3)22-13(10)18-11/h9H,5-6H2,1-4H3,(H,16,19)(H,17,18,21). The molecule has 3 aromatic rings. The van der Waals surface area contributed by atoms with Gasteiger partial charge < -0.3 is 10.3 Å². The lowest BCUT2D eigenvalue weighted by molar-refractivity contribution is 0.916. The van der Waals surface area contributed by atoms with E-state index in [4.69, 9.17) is 0 Å². The highest BCUT2D eigenvalue weighted by Crippen LogP contribution is 2.36. The number of fused-ring (bicyclic) bond motifs is 1. The van der Waals surface area contributed by atoms with Gasteiger partial charge in [0.15, 0.2) is 4.34 Å². The summed E-state index contributed by atoms with van der Waals surface area (Å²) in [5.74, 6) is 0.678. The van der Waals surface area contributed by atoms with Gasteiger partial charge in [0.25, 0.3) is 5.56 Å². The van der Waals surface area contributed by atoms with Gasteiger partial charge in [-0.25, -0.2) is 4.98 Å². The summed E-state index contributed by atoms with van der Waals surface area (Å²) < 4.78 is 0.863. The highest BCUT2D eigenvalue weighted by molar-refractivity contribution is 8.01. The van der Waals surface area contributed by atoms with Gasteiger partial charge in [-0.2, -0.15) is 0 Å². The summed E-state index contributed by atoms with van der Waals surface area (Å²) in [5.41, 5.74) is 0.957. The number of anilines is 1. The molecule has 2 N–H and O–H groups in total. The second-order valence-corrected chi connectivity index (χ2v) is 9.24. The van der Waals surface area contributed by atoms with Crippen molar-refractivity contribution in [1.29, 1.82) is 0 Å². The average molecular weight is 382 g/mol. The molecule has 0 saturated heterocycles. The first-order valence-electron chi connectivity index (χ1n) is 7.73. The fourth-order valence-corrected chi connectivity index (χ4v) is 5.25. The second kappa shape index (κ2) is 7.20. The Balaban J connectivity index is 1.82. The average Bonchev–Trinajstić information content (AvgIpc) is 3.10. The number of thiophene rings is 1. The van der Waals surface area contributed by atoms with Crippen LogP contribution < -0.4 is 10.9 Å². The van der Waals surface area contributed by atoms with E-state index in [0.717, 1.165) is 37.7 Å². The van der Waals surface area contributed by atoms with Crippen LogP contribution in [0.1, 0.15) is 41.8 Å². The molecule has 0 fully saturated rings. The number of aryl methyl sites for hydroxylation is 2. The van der Waals surface area contributed by atoms with Crippen LogP contribution in [-0.4, -0.2) is 26.7 Å². The Hall–Kier alpha value is -1.45. The minimum Gasteiger partial charge on any atom is -0.360 e. The van der Waals surface area contributed by atoms with E-state index in [2.05, 4.69) is 32.4 Å². The molecular formula is C15H19N5OS3. The molecule has 3 heterocycles. The van der Waals surface area contributed by atoms with E-state index in [1.165, 1.54) is 11.3 Å². The summed E-state index contributed by atoms with van der Waals surface area (Å²) in [7, 11) is 0. The number of aromatic nitrogens is 4. The van der Waals surface area contributed by atoms with Crippen LogP contribution >= 0.6 is 34.4 Å². The Morgan fingerprint density at radius 1 is 1.29 bits per heavy atom. The molecule has 0 aliphatic carbocycles. The molecule has 0 aromatic carbocycles. The maximum Gasteiger partial charge on any atom is 0.259 e. The molecule has 0 aliphatic heterocycles. The third kappa shape index (κ3) is 3.47. The van der Waals surface area contributed by atoms with Crippen molar-refractivity contribution in [1.82, 2.24) is 20.2 Å². The first-order chi connectivity index (χ1) is 11.5. The Kier molecular flexibility index (Phi) is 5.21. The number of nitrogens with zero attached hydrogens (tertiary/aromatic N) is 3. The Morgan fingerprint density at radius 2 is 2.08 bits per heavy atom. The van der Waals surface area contributed by atoms with E-state index >= 15 is 0 Å². The lowest BCUT2D eigenvalue weighted by atomic mass is 10.2. The molecule has 1 unspecified atom stereocenters. The van der Waals surface area contributed by atoms with Crippen LogP contribution in [0.3, 0.4) is 0 Å². The van der Waals surface area contributed by atoms with Crippen molar-refractivity contribution in [3.63, 3.8) is 0 Å². The Morgan fingerprint density at radius 3 is 2.83 bits per heavy atom. The maximum atomic E-state index is 12.4. The van der Waals surface area contributed by atoms with Crippen LogP contribution in [0, 0.1) is 13.8 Å². The van der Waals surface area contributed by atoms with Crippen LogP contribution in [0.4, 0.5) is 5.13 Å². The van der Waals surface area contributed by atoms with Gasteiger partial charge in [0.1, 0.15) is 10.7 Å². The van der Waals surface area contributed by atoms with Crippen LogP contribution in [-0.2, 0) is 0 Å². The topological polar surface area (TPSA) is 83.6 Å². The lowest BCUT2D eigenvalue weighted by Gasteiger charge is -2.07. The van der Waals surface area contributed by atoms with Crippen molar-refractivity contribution in [3.05, 3.63) is 26.6 Å². The van der Waals surface area contributed by atoms with Gasteiger partial charge in [0, 0.05) is 11.4 Å². The summed E-state index contributed by atoms with van der Waals surface area (Å²) in [6.07, 6.45) is 1.04. The molecule has 0 aliphatic rings. The molecule has 0 bridgehead atoms. The summed E-state index contributed by atoms with van der Waals surface area (Å²) in [6, 6.07) is 0. The smallest absolute Gasteiger partial charge is 0.259 e. The zero-order valence-electron chi connectivity index (χ0n) is 14.0. The van der Waals surface area contributed by atoms with E-state index in [-0.39, 0.29) is 10.8 Å². The summed E-state index contributed by atoms with van der Waals surface area (Å²) in [4.78, 5) is 21.9. The van der Waals surface area contributed by atoms with Gasteiger partial charge in [0.05, 0.1) is 10.6 Å². The van der Waals surface area contributed by atoms with Crippen LogP contribution in [0.2, 0.25) is 0 Å². The van der Waals surface area contributed by atoms with Crippen molar-refractivity contribution >= 4 is 49.8 Å². The summed E-state index contributed by atoms with van der Waals surface area (Å²) in [6.45, 7) is 9.00. The van der Waals surface area contributed by atoms with Gasteiger partial charge >= 0.3 is 0 Å². The third-order valence-electron chi connectivity index (χ3n) is 3.65. The van der Waals surface area contributed by atoms with Crippen molar-refractivity contribution in [2.24, 2.45) is 0 Å². The van der Waals surface area contributed by atoms with E-state index in [1.807, 2.05) is 20.8 Å². The van der Waals surface area contributed by atoms with Gasteiger partial charge in [-0.1, -0.05) is 30.0 Å². The first kappa shape index (κ1) is 17.4. The summed E-state index contributed by atoms with van der Waals surface area (Å²) >= 11 is 4.65. The molecule has 3 rings (SSSR count). The molecule has 3 aromatic heterocycles. The molecule has 6 nitrogen and oxygen atoms in total. The highest BCUT2D eigenvalue weighted by Gasteiger charge is 2.17. The monoisotopic (exact) mass is 381 g/mol. The van der Waals surface area contributed by atoms with E-state index in [9.17, 15) is 4.79 Å². The number of nitrogens with one attached hydrogen (secondary N) is 2. The molecule has 9 heteroatoms. The Bertz CT molecular complexity index is 914. The molecule has 128 valence electrons. The van der Waals surface area contributed by atoms with Gasteiger partial charge in [-0.05, 0) is 32.8 Å². The van der Waals surface area contributed by atoms with E-state index < -0.39 is 0 Å². The summed E-state index contributed by atoms with van der Waals surface area (Å²) in [5, 5.41) is 13.1. The fraction of sp³-hybridized carbons (Fsp3) is 0.467. The molecule has 0 spiro atoms. The third-order valence-corrected chi connectivity index (χ3v) is 6.83. The molecule has 0 radical (unpaired) electrons. The zero-order valence-corrected chi connectivity index (χ0v) is 16.4. The lowest BCUT2D eigenvalue weighted by Crippen LogP contribution is -2.12. The van der Waals surface area contributed by atoms with Gasteiger partial charge in [0.2, 0.25) is 5.13 Å². The Labute approximate surface area is 152 Å². The van der Waals surface area contributed by atoms with Crippen molar-refractivity contribution in [2.45, 2.75) is 43.7 Å². The predicted molar refractivity (Wildman–Crippen MR) is 103 cm³/mol.